The zero-order chi connectivity index (χ0) is 17.9. The fraction of sp³-hybridized carbons (Fsp3) is 0.211. The van der Waals surface area contributed by atoms with Crippen molar-refractivity contribution in [3.05, 3.63) is 64.5 Å². The molecule has 5 nitrogen and oxygen atoms in total. The number of rotatable bonds is 3. The van der Waals surface area contributed by atoms with Gasteiger partial charge in [-0.25, -0.2) is 0 Å². The van der Waals surface area contributed by atoms with Gasteiger partial charge >= 0.3 is 0 Å². The van der Waals surface area contributed by atoms with Crippen molar-refractivity contribution in [3.63, 3.8) is 0 Å². The van der Waals surface area contributed by atoms with Crippen molar-refractivity contribution in [1.29, 1.82) is 0 Å². The molecule has 0 bridgehead atoms. The summed E-state index contributed by atoms with van der Waals surface area (Å²) in [6, 6.07) is 17.5. The molecule has 132 valence electrons. The van der Waals surface area contributed by atoms with Gasteiger partial charge in [0.25, 0.3) is 5.91 Å². The molecule has 1 saturated heterocycles. The molecule has 0 N–H and O–H groups in total. The van der Waals surface area contributed by atoms with Gasteiger partial charge in [-0.3, -0.25) is 4.79 Å². The number of anilines is 1. The van der Waals surface area contributed by atoms with Gasteiger partial charge in [0.2, 0.25) is 0 Å². The molecule has 1 aliphatic rings. The van der Waals surface area contributed by atoms with Crippen LogP contribution in [0.15, 0.2) is 54.6 Å². The van der Waals surface area contributed by atoms with E-state index in [2.05, 4.69) is 14.5 Å². The number of halogens is 1. The zero-order valence-electron chi connectivity index (χ0n) is 14.0. The van der Waals surface area contributed by atoms with Gasteiger partial charge in [-0.1, -0.05) is 52.5 Å². The van der Waals surface area contributed by atoms with Gasteiger partial charge in [0.1, 0.15) is 10.6 Å². The monoisotopic (exact) mass is 384 g/mol. The highest BCUT2D eigenvalue weighted by molar-refractivity contribution is 7.08. The first-order valence-corrected chi connectivity index (χ1v) is 9.55. The maximum Gasteiger partial charge on any atom is 0.268 e. The molecule has 7 heteroatoms. The van der Waals surface area contributed by atoms with E-state index in [1.807, 2.05) is 59.5 Å². The Morgan fingerprint density at radius 1 is 1.00 bits per heavy atom. The summed E-state index contributed by atoms with van der Waals surface area (Å²) in [7, 11) is 0. The third-order valence-electron chi connectivity index (χ3n) is 4.47. The first-order valence-electron chi connectivity index (χ1n) is 8.40. The molecule has 0 aliphatic carbocycles. The van der Waals surface area contributed by atoms with Gasteiger partial charge in [0.15, 0.2) is 0 Å². The van der Waals surface area contributed by atoms with E-state index in [-0.39, 0.29) is 5.91 Å². The Kier molecular flexibility index (Phi) is 4.86. The van der Waals surface area contributed by atoms with Gasteiger partial charge < -0.3 is 9.80 Å². The van der Waals surface area contributed by atoms with Crippen LogP contribution < -0.4 is 4.90 Å². The second-order valence-corrected chi connectivity index (χ2v) is 7.27. The minimum absolute atomic E-state index is 0.00426. The number of carbonyl (C=O) groups is 1. The van der Waals surface area contributed by atoms with Crippen molar-refractivity contribution in [1.82, 2.24) is 14.5 Å². The van der Waals surface area contributed by atoms with E-state index in [4.69, 9.17) is 11.6 Å². The second kappa shape index (κ2) is 7.43. The van der Waals surface area contributed by atoms with Crippen molar-refractivity contribution in [2.24, 2.45) is 0 Å². The van der Waals surface area contributed by atoms with Crippen molar-refractivity contribution < 1.29 is 4.79 Å². The molecule has 0 atom stereocenters. The standard InChI is InChI=1S/C19H17ClN4OS/c20-15-7-4-8-16(13-15)23-9-11-24(12-10-23)19(25)18-17(21-22-26-18)14-5-2-1-3-6-14/h1-8,13H,9-12H2. The molecule has 4 rings (SSSR count). The first-order chi connectivity index (χ1) is 12.7. The minimum atomic E-state index is 0.00426. The molecule has 0 unspecified atom stereocenters. The van der Waals surface area contributed by atoms with E-state index in [0.29, 0.717) is 23.7 Å². The van der Waals surface area contributed by atoms with Crippen LogP contribution in [-0.4, -0.2) is 46.6 Å². The van der Waals surface area contributed by atoms with Crippen LogP contribution in [0.4, 0.5) is 5.69 Å². The summed E-state index contributed by atoms with van der Waals surface area (Å²) in [5, 5.41) is 4.90. The quantitative estimate of drug-likeness (QED) is 0.688. The summed E-state index contributed by atoms with van der Waals surface area (Å²) in [5.41, 5.74) is 2.68. The van der Waals surface area contributed by atoms with Gasteiger partial charge in [-0.05, 0) is 29.7 Å². The van der Waals surface area contributed by atoms with Gasteiger partial charge in [0, 0.05) is 42.5 Å². The van der Waals surface area contributed by atoms with Crippen LogP contribution in [0, 0.1) is 0 Å². The summed E-state index contributed by atoms with van der Waals surface area (Å²) in [6.45, 7) is 2.88. The predicted octanol–water partition coefficient (Wildman–Crippen LogP) is 3.82. The Morgan fingerprint density at radius 3 is 2.50 bits per heavy atom. The highest BCUT2D eigenvalue weighted by Crippen LogP contribution is 2.26. The lowest BCUT2D eigenvalue weighted by molar-refractivity contribution is 0.0752. The molecule has 0 saturated carbocycles. The molecule has 1 aliphatic heterocycles. The molecule has 1 amide bonds. The number of nitrogens with zero attached hydrogens (tertiary/aromatic N) is 4. The molecule has 2 aromatic carbocycles. The number of piperazine rings is 1. The number of aromatic nitrogens is 2. The lowest BCUT2D eigenvalue weighted by Gasteiger charge is -2.36. The van der Waals surface area contributed by atoms with Crippen LogP contribution in [0.25, 0.3) is 11.3 Å². The van der Waals surface area contributed by atoms with E-state index in [1.165, 1.54) is 0 Å². The van der Waals surface area contributed by atoms with Gasteiger partial charge in [-0.2, -0.15) is 0 Å². The van der Waals surface area contributed by atoms with Crippen LogP contribution in [0.1, 0.15) is 9.67 Å². The van der Waals surface area contributed by atoms with Gasteiger partial charge in [-0.15, -0.1) is 5.10 Å². The number of amides is 1. The summed E-state index contributed by atoms with van der Waals surface area (Å²) in [5.74, 6) is 0.00426. The van der Waals surface area contributed by atoms with Crippen LogP contribution in [0.5, 0.6) is 0 Å². The van der Waals surface area contributed by atoms with E-state index < -0.39 is 0 Å². The third kappa shape index (κ3) is 3.43. The third-order valence-corrected chi connectivity index (χ3v) is 5.42. The van der Waals surface area contributed by atoms with E-state index in [0.717, 1.165) is 40.9 Å². The molecule has 0 spiro atoms. The average molecular weight is 385 g/mol. The first kappa shape index (κ1) is 17.0. The van der Waals surface area contributed by atoms with Crippen LogP contribution >= 0.6 is 23.1 Å². The highest BCUT2D eigenvalue weighted by Gasteiger charge is 2.26. The Morgan fingerprint density at radius 2 is 1.77 bits per heavy atom. The molecule has 0 radical (unpaired) electrons. The predicted molar refractivity (Wildman–Crippen MR) is 105 cm³/mol. The van der Waals surface area contributed by atoms with Crippen LogP contribution in [0.2, 0.25) is 5.02 Å². The molecule has 1 fully saturated rings. The smallest absolute Gasteiger partial charge is 0.268 e. The molecule has 1 aromatic heterocycles. The highest BCUT2D eigenvalue weighted by atomic mass is 35.5. The summed E-state index contributed by atoms with van der Waals surface area (Å²) in [6.07, 6.45) is 0. The van der Waals surface area contributed by atoms with Crippen molar-refractivity contribution in [3.8, 4) is 11.3 Å². The Balaban J connectivity index is 1.47. The Hall–Kier alpha value is -2.44. The minimum Gasteiger partial charge on any atom is -0.368 e. The number of carbonyl (C=O) groups excluding carboxylic acids is 1. The Bertz CT molecular complexity index is 907. The van der Waals surface area contributed by atoms with Gasteiger partial charge in [0.05, 0.1) is 0 Å². The largest absolute Gasteiger partial charge is 0.368 e. The van der Waals surface area contributed by atoms with Crippen molar-refractivity contribution in [2.45, 2.75) is 0 Å². The lowest BCUT2D eigenvalue weighted by atomic mass is 10.1. The molecule has 2 heterocycles. The van der Waals surface area contributed by atoms with Crippen molar-refractivity contribution >= 4 is 34.7 Å². The summed E-state index contributed by atoms with van der Waals surface area (Å²) < 4.78 is 4.01. The average Bonchev–Trinajstić information content (AvgIpc) is 3.18. The number of hydrogen-bond donors (Lipinski definition) is 0. The lowest BCUT2D eigenvalue weighted by Crippen LogP contribution is -2.48. The van der Waals surface area contributed by atoms with E-state index in [9.17, 15) is 4.79 Å². The summed E-state index contributed by atoms with van der Waals surface area (Å²) in [4.78, 5) is 17.7. The molecular weight excluding hydrogens is 368 g/mol. The zero-order valence-corrected chi connectivity index (χ0v) is 15.6. The summed E-state index contributed by atoms with van der Waals surface area (Å²) >= 11 is 7.24. The maximum absolute atomic E-state index is 13.0. The number of hydrogen-bond acceptors (Lipinski definition) is 5. The molecule has 26 heavy (non-hydrogen) atoms. The Labute approximate surface area is 161 Å². The number of benzene rings is 2. The normalized spacial score (nSPS) is 14.5. The van der Waals surface area contributed by atoms with Crippen LogP contribution in [0.3, 0.4) is 0 Å². The SMILES string of the molecule is O=C(c1snnc1-c1ccccc1)N1CCN(c2cccc(Cl)c2)CC1. The molecule has 3 aromatic rings. The fourth-order valence-electron chi connectivity index (χ4n) is 3.10. The second-order valence-electron chi connectivity index (χ2n) is 6.08. The van der Waals surface area contributed by atoms with Crippen LogP contribution in [-0.2, 0) is 0 Å². The van der Waals surface area contributed by atoms with E-state index in [1.54, 1.807) is 0 Å². The van der Waals surface area contributed by atoms with E-state index >= 15 is 0 Å². The maximum atomic E-state index is 13.0. The fourth-order valence-corrected chi connectivity index (χ4v) is 3.94. The van der Waals surface area contributed by atoms with Crippen molar-refractivity contribution in [2.75, 3.05) is 31.1 Å². The topological polar surface area (TPSA) is 49.3 Å². The molecular formula is C19H17ClN4OS.